The van der Waals surface area contributed by atoms with Crippen molar-refractivity contribution in [3.63, 3.8) is 0 Å². The molecular weight excluding hydrogens is 394 g/mol. The SMILES string of the molecule is CC(C)c1c2nc(F)c(F)nc2c(C(C)C)c2c3sccc3c3ccsc3c12. The summed E-state index contributed by atoms with van der Waals surface area (Å²) in [7, 11) is 0. The molecule has 0 spiro atoms. The van der Waals surface area contributed by atoms with Gasteiger partial charge in [-0.2, -0.15) is 8.78 Å². The average molecular weight is 413 g/mol. The van der Waals surface area contributed by atoms with Crippen molar-refractivity contribution in [2.45, 2.75) is 39.5 Å². The van der Waals surface area contributed by atoms with Crippen molar-refractivity contribution < 1.29 is 8.78 Å². The lowest BCUT2D eigenvalue weighted by molar-refractivity contribution is 0.458. The molecule has 0 saturated heterocycles. The van der Waals surface area contributed by atoms with E-state index >= 15 is 0 Å². The summed E-state index contributed by atoms with van der Waals surface area (Å²) in [4.78, 5) is 8.10. The Bertz CT molecular complexity index is 1290. The number of hydrogen-bond acceptors (Lipinski definition) is 4. The fourth-order valence-electron chi connectivity index (χ4n) is 4.30. The Kier molecular flexibility index (Phi) is 3.93. The molecule has 0 saturated carbocycles. The van der Waals surface area contributed by atoms with E-state index in [1.54, 1.807) is 22.7 Å². The van der Waals surface area contributed by atoms with Crippen LogP contribution in [-0.2, 0) is 0 Å². The van der Waals surface area contributed by atoms with E-state index < -0.39 is 11.9 Å². The van der Waals surface area contributed by atoms with Crippen LogP contribution in [0.2, 0.25) is 0 Å². The number of rotatable bonds is 2. The molecule has 0 amide bonds. The Balaban J connectivity index is 2.24. The molecule has 2 nitrogen and oxygen atoms in total. The predicted octanol–water partition coefficient (Wildman–Crippen LogP) is 7.74. The zero-order valence-electron chi connectivity index (χ0n) is 15.9. The fourth-order valence-corrected chi connectivity index (χ4v) is 6.25. The van der Waals surface area contributed by atoms with E-state index in [1.165, 1.54) is 20.2 Å². The number of nitrogens with zero attached hydrogens (tertiary/aromatic N) is 2. The average Bonchev–Trinajstić information content (AvgIpc) is 3.29. The van der Waals surface area contributed by atoms with E-state index in [1.807, 2.05) is 0 Å². The summed E-state index contributed by atoms with van der Waals surface area (Å²) in [5.41, 5.74) is 2.86. The number of aromatic nitrogens is 2. The highest BCUT2D eigenvalue weighted by atomic mass is 32.1. The third-order valence-corrected chi connectivity index (χ3v) is 7.21. The molecule has 0 aliphatic heterocycles. The van der Waals surface area contributed by atoms with Gasteiger partial charge in [-0.05, 0) is 45.9 Å². The van der Waals surface area contributed by atoms with Gasteiger partial charge in [-0.1, -0.05) is 27.7 Å². The topological polar surface area (TPSA) is 25.8 Å². The van der Waals surface area contributed by atoms with Crippen LogP contribution in [0.3, 0.4) is 0 Å². The molecule has 5 rings (SSSR count). The summed E-state index contributed by atoms with van der Waals surface area (Å²) in [6, 6.07) is 4.30. The second-order valence-corrected chi connectivity index (χ2v) is 9.55. The van der Waals surface area contributed by atoms with E-state index in [9.17, 15) is 8.78 Å². The maximum atomic E-state index is 14.1. The second kappa shape index (κ2) is 6.16. The molecule has 6 heteroatoms. The molecule has 0 fully saturated rings. The summed E-state index contributed by atoms with van der Waals surface area (Å²) in [5, 5.41) is 8.85. The van der Waals surface area contributed by atoms with Crippen LogP contribution in [0.15, 0.2) is 22.9 Å². The smallest absolute Gasteiger partial charge is 0.214 e. The Labute approximate surface area is 168 Å². The number of halogens is 2. The van der Waals surface area contributed by atoms with Gasteiger partial charge in [0, 0.05) is 30.9 Å². The van der Waals surface area contributed by atoms with Gasteiger partial charge < -0.3 is 0 Å². The molecule has 0 atom stereocenters. The predicted molar refractivity (Wildman–Crippen MR) is 116 cm³/mol. The molecule has 28 heavy (non-hydrogen) atoms. The summed E-state index contributed by atoms with van der Waals surface area (Å²) in [6.07, 6.45) is 0. The highest BCUT2D eigenvalue weighted by Gasteiger charge is 2.26. The van der Waals surface area contributed by atoms with Crippen molar-refractivity contribution in [2.75, 3.05) is 0 Å². The maximum Gasteiger partial charge on any atom is 0.269 e. The van der Waals surface area contributed by atoms with Crippen LogP contribution in [0.25, 0.3) is 42.0 Å². The maximum absolute atomic E-state index is 14.1. The number of hydrogen-bond donors (Lipinski definition) is 0. The highest BCUT2D eigenvalue weighted by Crippen LogP contribution is 2.48. The first-order valence-corrected chi connectivity index (χ1v) is 11.0. The third-order valence-electron chi connectivity index (χ3n) is 5.34. The normalized spacial score (nSPS) is 12.6. The summed E-state index contributed by atoms with van der Waals surface area (Å²) < 4.78 is 30.6. The third kappa shape index (κ3) is 2.28. The van der Waals surface area contributed by atoms with E-state index in [4.69, 9.17) is 0 Å². The standard InChI is InChI=1S/C22H18F2N2S2/c1-9(2)13-15-16(20-12(6-8-28-20)11-5-7-27-19(11)15)14(10(3)4)18-17(13)25-21(23)22(24)26-18/h5-10H,1-4H3. The first kappa shape index (κ1) is 17.9. The van der Waals surface area contributed by atoms with Crippen LogP contribution in [-0.4, -0.2) is 9.97 Å². The van der Waals surface area contributed by atoms with Gasteiger partial charge >= 0.3 is 0 Å². The first-order chi connectivity index (χ1) is 13.4. The van der Waals surface area contributed by atoms with Crippen molar-refractivity contribution in [2.24, 2.45) is 0 Å². The lowest BCUT2D eigenvalue weighted by Crippen LogP contribution is -2.06. The molecule has 0 bridgehead atoms. The Morgan fingerprint density at radius 1 is 0.714 bits per heavy atom. The van der Waals surface area contributed by atoms with Gasteiger partial charge in [0.15, 0.2) is 0 Å². The van der Waals surface area contributed by atoms with Crippen LogP contribution < -0.4 is 0 Å². The molecule has 142 valence electrons. The van der Waals surface area contributed by atoms with Crippen LogP contribution in [0.1, 0.15) is 50.7 Å². The quantitative estimate of drug-likeness (QED) is 0.277. The van der Waals surface area contributed by atoms with Gasteiger partial charge in [0.1, 0.15) is 0 Å². The van der Waals surface area contributed by atoms with Crippen molar-refractivity contribution in [3.05, 3.63) is 45.9 Å². The molecule has 3 heterocycles. The summed E-state index contributed by atoms with van der Waals surface area (Å²) in [6.45, 7) is 8.29. The molecule has 0 aliphatic rings. The highest BCUT2D eigenvalue weighted by molar-refractivity contribution is 7.20. The Hall–Kier alpha value is -2.18. The molecular formula is C22H18F2N2S2. The van der Waals surface area contributed by atoms with Gasteiger partial charge in [-0.3, -0.25) is 0 Å². The lowest BCUT2D eigenvalue weighted by Gasteiger charge is -2.21. The molecule has 0 aliphatic carbocycles. The van der Waals surface area contributed by atoms with Crippen LogP contribution in [0.4, 0.5) is 8.78 Å². The van der Waals surface area contributed by atoms with Gasteiger partial charge in [0.2, 0.25) is 0 Å². The van der Waals surface area contributed by atoms with Crippen molar-refractivity contribution in [3.8, 4) is 0 Å². The van der Waals surface area contributed by atoms with Crippen molar-refractivity contribution >= 4 is 64.7 Å². The Morgan fingerprint density at radius 2 is 1.11 bits per heavy atom. The molecule has 0 radical (unpaired) electrons. The largest absolute Gasteiger partial charge is 0.269 e. The zero-order chi connectivity index (χ0) is 19.7. The lowest BCUT2D eigenvalue weighted by atomic mass is 9.86. The fraction of sp³-hybridized carbons (Fsp3) is 0.273. The van der Waals surface area contributed by atoms with Crippen LogP contribution in [0, 0.1) is 11.9 Å². The van der Waals surface area contributed by atoms with Crippen LogP contribution in [0.5, 0.6) is 0 Å². The molecule has 2 aromatic carbocycles. The van der Waals surface area contributed by atoms with Crippen LogP contribution >= 0.6 is 22.7 Å². The van der Waals surface area contributed by atoms with E-state index in [0.29, 0.717) is 11.0 Å². The molecule has 5 aromatic rings. The summed E-state index contributed by atoms with van der Waals surface area (Å²) >= 11 is 3.38. The Morgan fingerprint density at radius 3 is 1.46 bits per heavy atom. The number of thiophene rings is 2. The number of fused-ring (bicyclic) bond motifs is 7. The van der Waals surface area contributed by atoms with Crippen molar-refractivity contribution in [1.29, 1.82) is 0 Å². The van der Waals surface area contributed by atoms with Gasteiger partial charge in [-0.25, -0.2) is 9.97 Å². The summed E-state index contributed by atoms with van der Waals surface area (Å²) in [5.74, 6) is -2.09. The van der Waals surface area contributed by atoms with Gasteiger partial charge in [0.25, 0.3) is 11.9 Å². The monoisotopic (exact) mass is 412 g/mol. The second-order valence-electron chi connectivity index (χ2n) is 7.72. The minimum Gasteiger partial charge on any atom is -0.214 e. The first-order valence-electron chi connectivity index (χ1n) is 9.28. The number of benzene rings is 2. The van der Waals surface area contributed by atoms with E-state index in [-0.39, 0.29) is 11.8 Å². The minimum atomic E-state index is -1.14. The zero-order valence-corrected chi connectivity index (χ0v) is 17.6. The molecule has 0 unspecified atom stereocenters. The van der Waals surface area contributed by atoms with Gasteiger partial charge in [0.05, 0.1) is 11.0 Å². The molecule has 0 N–H and O–H groups in total. The molecule has 3 aromatic heterocycles. The minimum absolute atomic E-state index is 0.0908. The van der Waals surface area contributed by atoms with E-state index in [2.05, 4.69) is 60.6 Å². The van der Waals surface area contributed by atoms with Crippen molar-refractivity contribution in [1.82, 2.24) is 9.97 Å². The van der Waals surface area contributed by atoms with E-state index in [0.717, 1.165) is 21.9 Å². The van der Waals surface area contributed by atoms with Gasteiger partial charge in [-0.15, -0.1) is 22.7 Å².